The largest absolute Gasteiger partial charge is 0.493 e. The van der Waals surface area contributed by atoms with Crippen LogP contribution in [0, 0.1) is 0 Å². The van der Waals surface area contributed by atoms with E-state index in [4.69, 9.17) is 9.47 Å². The molecule has 4 bridgehead atoms. The van der Waals surface area contributed by atoms with E-state index in [2.05, 4.69) is 26.7 Å². The fourth-order valence-corrected chi connectivity index (χ4v) is 6.59. The third-order valence-corrected chi connectivity index (χ3v) is 8.86. The summed E-state index contributed by atoms with van der Waals surface area (Å²) in [6.07, 6.45) is 4.90. The van der Waals surface area contributed by atoms with Crippen molar-refractivity contribution in [1.82, 2.24) is 25.3 Å². The molecule has 0 unspecified atom stereocenters. The molecule has 1 aromatic carbocycles. The summed E-state index contributed by atoms with van der Waals surface area (Å²) in [5.74, 6) is 0.170. The molecule has 0 radical (unpaired) electrons. The number of carbonyl (C=O) groups excluding carboxylic acids is 2. The van der Waals surface area contributed by atoms with Crippen molar-refractivity contribution in [2.24, 2.45) is 7.05 Å². The van der Waals surface area contributed by atoms with Gasteiger partial charge in [0.25, 0.3) is 5.91 Å². The number of ether oxygens (including phenoxy) is 2. The summed E-state index contributed by atoms with van der Waals surface area (Å²) in [6.45, 7) is 1.78. The minimum atomic E-state index is -0.628. The van der Waals surface area contributed by atoms with E-state index < -0.39 is 18.2 Å². The molecule has 3 aliphatic heterocycles. The van der Waals surface area contributed by atoms with Gasteiger partial charge in [0, 0.05) is 55.8 Å². The normalized spacial score (nSPS) is 27.9. The number of hydrogen-bond donors (Lipinski definition) is 3. The lowest BCUT2D eigenvalue weighted by molar-refractivity contribution is -0.133. The van der Waals surface area contributed by atoms with E-state index in [9.17, 15) is 14.7 Å². The number of thiophene rings is 1. The molecule has 3 aliphatic rings. The van der Waals surface area contributed by atoms with Gasteiger partial charge < -0.3 is 25.2 Å². The Morgan fingerprint density at radius 1 is 1.18 bits per heavy atom. The van der Waals surface area contributed by atoms with Gasteiger partial charge in [-0.2, -0.15) is 5.10 Å². The molecule has 5 heterocycles. The van der Waals surface area contributed by atoms with Gasteiger partial charge in [0.05, 0.1) is 36.6 Å². The van der Waals surface area contributed by atoms with Crippen molar-refractivity contribution in [3.05, 3.63) is 58.5 Å². The summed E-state index contributed by atoms with van der Waals surface area (Å²) in [6, 6.07) is 9.03. The summed E-state index contributed by atoms with van der Waals surface area (Å²) >= 11 is 1.65. The van der Waals surface area contributed by atoms with Gasteiger partial charge in [0.15, 0.2) is 0 Å². The summed E-state index contributed by atoms with van der Waals surface area (Å²) in [7, 11) is 1.86. The van der Waals surface area contributed by atoms with Crippen LogP contribution in [0.5, 0.6) is 5.75 Å². The van der Waals surface area contributed by atoms with Crippen molar-refractivity contribution >= 4 is 23.2 Å². The van der Waals surface area contributed by atoms with Gasteiger partial charge in [0.2, 0.25) is 5.91 Å². The number of nitrogens with zero attached hydrogens (tertiary/aromatic N) is 3. The fourth-order valence-electron chi connectivity index (χ4n) is 5.86. The van der Waals surface area contributed by atoms with E-state index >= 15 is 0 Å². The van der Waals surface area contributed by atoms with E-state index in [0.29, 0.717) is 56.7 Å². The maximum Gasteiger partial charge on any atom is 0.255 e. The van der Waals surface area contributed by atoms with E-state index in [1.165, 1.54) is 0 Å². The van der Waals surface area contributed by atoms with Crippen LogP contribution in [0.1, 0.15) is 40.9 Å². The molecule has 2 amide bonds. The number of rotatable bonds is 3. The lowest BCUT2D eigenvalue weighted by atomic mass is 9.99. The SMILES string of the molecule is Cn1cc(-c2ccc3c(c2)OCC[C@@H]2CC[C@H](O)[C@@H](CNC(=O)[C@@H]4C[C@@H](CN4Cc4cccs4)NC3=O)O2)cn1. The number of aromatic nitrogens is 2. The van der Waals surface area contributed by atoms with Crippen LogP contribution < -0.4 is 15.4 Å². The van der Waals surface area contributed by atoms with Crippen LogP contribution in [0.2, 0.25) is 0 Å². The van der Waals surface area contributed by atoms with E-state index in [1.807, 2.05) is 36.8 Å². The molecule has 3 aromatic rings. The number of aryl methyl sites for hydroxylation is 1. The quantitative estimate of drug-likeness (QED) is 0.446. The molecular weight excluding hydrogens is 530 g/mol. The highest BCUT2D eigenvalue weighted by Crippen LogP contribution is 2.30. The third kappa shape index (κ3) is 5.92. The molecule has 10 nitrogen and oxygen atoms in total. The molecule has 2 aromatic heterocycles. The second-order valence-corrected chi connectivity index (χ2v) is 11.9. The molecule has 2 fully saturated rings. The first-order valence-electron chi connectivity index (χ1n) is 13.9. The highest BCUT2D eigenvalue weighted by molar-refractivity contribution is 7.09. The Bertz CT molecular complexity index is 1340. The topological polar surface area (TPSA) is 118 Å². The average molecular weight is 566 g/mol. The molecule has 6 rings (SSSR count). The van der Waals surface area contributed by atoms with Gasteiger partial charge in [0.1, 0.15) is 11.9 Å². The number of fused-ring (bicyclic) bond motifs is 5. The Morgan fingerprint density at radius 3 is 2.88 bits per heavy atom. The predicted octanol–water partition coefficient (Wildman–Crippen LogP) is 2.33. The van der Waals surface area contributed by atoms with Crippen molar-refractivity contribution in [3.8, 4) is 16.9 Å². The van der Waals surface area contributed by atoms with Crippen molar-refractivity contribution in [2.75, 3.05) is 19.7 Å². The van der Waals surface area contributed by atoms with Gasteiger partial charge in [-0.3, -0.25) is 19.2 Å². The first-order chi connectivity index (χ1) is 19.4. The maximum absolute atomic E-state index is 13.6. The minimum Gasteiger partial charge on any atom is -0.493 e. The van der Waals surface area contributed by atoms with E-state index in [1.54, 1.807) is 28.3 Å². The number of aliphatic hydroxyl groups is 1. The Hall–Kier alpha value is -3.25. The van der Waals surface area contributed by atoms with Crippen LogP contribution in [0.3, 0.4) is 0 Å². The number of carbonyl (C=O) groups is 2. The average Bonchev–Trinajstić information content (AvgIpc) is 3.70. The number of hydrogen-bond acceptors (Lipinski definition) is 8. The molecule has 212 valence electrons. The molecule has 0 aliphatic carbocycles. The maximum atomic E-state index is 13.6. The van der Waals surface area contributed by atoms with Gasteiger partial charge in [-0.1, -0.05) is 12.1 Å². The third-order valence-electron chi connectivity index (χ3n) is 8.00. The number of aliphatic hydroxyl groups excluding tert-OH is 1. The Labute approximate surface area is 237 Å². The second kappa shape index (κ2) is 11.7. The number of benzene rings is 1. The zero-order chi connectivity index (χ0) is 27.6. The standard InChI is InChI=1S/C29H35N5O5S/c1-33-15-19(13-31-33)18-4-6-23-26(11-18)38-9-8-21-5-7-25(35)27(39-21)14-30-29(37)24-12-20(32-28(23)36)16-34(24)17-22-3-2-10-40-22/h2-4,6,10-11,13,15,20-21,24-25,27,35H,5,7-9,12,14,16-17H2,1H3,(H,30,37)(H,32,36)/t20-,21-,24-,25-,27+/m0/s1. The van der Waals surface area contributed by atoms with Crippen LogP contribution in [-0.4, -0.2) is 81.7 Å². The van der Waals surface area contributed by atoms with Gasteiger partial charge >= 0.3 is 0 Å². The summed E-state index contributed by atoms with van der Waals surface area (Å²) < 4.78 is 14.2. The summed E-state index contributed by atoms with van der Waals surface area (Å²) in [4.78, 5) is 30.3. The lowest BCUT2D eigenvalue weighted by Gasteiger charge is -2.34. The van der Waals surface area contributed by atoms with Crippen molar-refractivity contribution in [3.63, 3.8) is 0 Å². The molecule has 0 saturated carbocycles. The monoisotopic (exact) mass is 565 g/mol. The lowest BCUT2D eigenvalue weighted by Crippen LogP contribution is -2.50. The number of amides is 2. The van der Waals surface area contributed by atoms with Gasteiger partial charge in [-0.25, -0.2) is 0 Å². The smallest absolute Gasteiger partial charge is 0.255 e. The molecule has 0 spiro atoms. The van der Waals surface area contributed by atoms with E-state index in [-0.39, 0.29) is 30.5 Å². The Kier molecular flexibility index (Phi) is 7.88. The van der Waals surface area contributed by atoms with Crippen LogP contribution in [-0.2, 0) is 23.1 Å². The predicted molar refractivity (Wildman–Crippen MR) is 150 cm³/mol. The van der Waals surface area contributed by atoms with Crippen molar-refractivity contribution < 1.29 is 24.2 Å². The zero-order valence-corrected chi connectivity index (χ0v) is 23.3. The molecule has 2 saturated heterocycles. The summed E-state index contributed by atoms with van der Waals surface area (Å²) in [5, 5.41) is 23.1. The van der Waals surface area contributed by atoms with E-state index in [0.717, 1.165) is 16.0 Å². The molecule has 3 N–H and O–H groups in total. The number of nitrogens with one attached hydrogen (secondary N) is 2. The molecular formula is C29H35N5O5S. The molecule has 40 heavy (non-hydrogen) atoms. The van der Waals surface area contributed by atoms with Crippen LogP contribution >= 0.6 is 11.3 Å². The Morgan fingerprint density at radius 2 is 2.08 bits per heavy atom. The van der Waals surface area contributed by atoms with Gasteiger partial charge in [-0.15, -0.1) is 11.3 Å². The van der Waals surface area contributed by atoms with Crippen molar-refractivity contribution in [1.29, 1.82) is 0 Å². The van der Waals surface area contributed by atoms with Gasteiger partial charge in [-0.05, 0) is 48.4 Å². The molecule has 5 atom stereocenters. The van der Waals surface area contributed by atoms with Crippen molar-refractivity contribution in [2.45, 2.75) is 62.6 Å². The number of likely N-dealkylation sites (tertiary alicyclic amines) is 1. The highest BCUT2D eigenvalue weighted by Gasteiger charge is 2.39. The fraction of sp³-hybridized carbons (Fsp3) is 0.483. The second-order valence-electron chi connectivity index (χ2n) is 10.9. The van der Waals surface area contributed by atoms with Crippen LogP contribution in [0.4, 0.5) is 0 Å². The first kappa shape index (κ1) is 26.9. The first-order valence-corrected chi connectivity index (χ1v) is 14.8. The minimum absolute atomic E-state index is 0.108. The molecule has 11 heteroatoms. The highest BCUT2D eigenvalue weighted by atomic mass is 32.1. The summed E-state index contributed by atoms with van der Waals surface area (Å²) in [5.41, 5.74) is 2.30. The Balaban J connectivity index is 1.29. The van der Waals surface area contributed by atoms with Crippen LogP contribution in [0.15, 0.2) is 48.1 Å². The van der Waals surface area contributed by atoms with Crippen LogP contribution in [0.25, 0.3) is 11.1 Å². The zero-order valence-electron chi connectivity index (χ0n) is 22.5.